The fraction of sp³-hybridized carbons (Fsp3) is 0.733. The number of hydrogen-bond donors (Lipinski definition) is 2. The zero-order valence-electron chi connectivity index (χ0n) is 12.6. The van der Waals surface area contributed by atoms with Crippen molar-refractivity contribution in [1.82, 2.24) is 14.9 Å². The third-order valence-electron chi connectivity index (χ3n) is 4.18. The van der Waals surface area contributed by atoms with E-state index in [1.807, 2.05) is 12.3 Å². The van der Waals surface area contributed by atoms with Crippen LogP contribution in [-0.2, 0) is 4.74 Å². The molecule has 0 atom stereocenters. The van der Waals surface area contributed by atoms with Gasteiger partial charge in [-0.05, 0) is 18.9 Å². The predicted molar refractivity (Wildman–Crippen MR) is 83.7 cm³/mol. The lowest BCUT2D eigenvalue weighted by atomic mass is 10.2. The molecule has 0 amide bonds. The molecular formula is C15H25N5O. The smallest absolute Gasteiger partial charge is 0.224 e. The van der Waals surface area contributed by atoms with Crippen molar-refractivity contribution in [2.45, 2.75) is 31.7 Å². The highest BCUT2D eigenvalue weighted by molar-refractivity contribution is 5.40. The van der Waals surface area contributed by atoms with Crippen molar-refractivity contribution in [3.63, 3.8) is 0 Å². The van der Waals surface area contributed by atoms with E-state index in [9.17, 15) is 0 Å². The molecule has 0 bridgehead atoms. The van der Waals surface area contributed by atoms with Crippen molar-refractivity contribution >= 4 is 11.8 Å². The van der Waals surface area contributed by atoms with E-state index in [0.29, 0.717) is 12.0 Å². The molecular weight excluding hydrogens is 266 g/mol. The van der Waals surface area contributed by atoms with E-state index in [4.69, 9.17) is 4.74 Å². The molecule has 2 N–H and O–H groups in total. The van der Waals surface area contributed by atoms with Crippen LogP contribution in [0, 0.1) is 0 Å². The first-order chi connectivity index (χ1) is 10.4. The number of nitrogens with one attached hydrogen (secondary N) is 2. The molecule has 0 spiro atoms. The van der Waals surface area contributed by atoms with Gasteiger partial charge in [0.2, 0.25) is 5.95 Å². The Balaban J connectivity index is 1.44. The van der Waals surface area contributed by atoms with Gasteiger partial charge < -0.3 is 15.4 Å². The van der Waals surface area contributed by atoms with E-state index < -0.39 is 0 Å². The highest BCUT2D eigenvalue weighted by Crippen LogP contribution is 2.21. The predicted octanol–water partition coefficient (Wildman–Crippen LogP) is 1.58. The lowest BCUT2D eigenvalue weighted by Gasteiger charge is -2.26. The van der Waals surface area contributed by atoms with Crippen LogP contribution in [0.4, 0.5) is 11.8 Å². The number of morpholine rings is 1. The second-order valence-corrected chi connectivity index (χ2v) is 5.77. The van der Waals surface area contributed by atoms with E-state index in [1.54, 1.807) is 0 Å². The van der Waals surface area contributed by atoms with Crippen LogP contribution in [0.1, 0.15) is 25.7 Å². The van der Waals surface area contributed by atoms with Gasteiger partial charge in [0.05, 0.1) is 13.2 Å². The van der Waals surface area contributed by atoms with Crippen LogP contribution in [0.25, 0.3) is 0 Å². The molecule has 1 aliphatic carbocycles. The average Bonchev–Trinajstić information content (AvgIpc) is 3.02. The minimum absolute atomic E-state index is 0.584. The van der Waals surface area contributed by atoms with Crippen LogP contribution in [0.2, 0.25) is 0 Å². The fourth-order valence-electron chi connectivity index (χ4n) is 2.95. The summed E-state index contributed by atoms with van der Waals surface area (Å²) >= 11 is 0. The Hall–Kier alpha value is -1.40. The maximum absolute atomic E-state index is 5.35. The van der Waals surface area contributed by atoms with Crippen molar-refractivity contribution in [2.75, 3.05) is 50.0 Å². The zero-order valence-corrected chi connectivity index (χ0v) is 12.6. The third kappa shape index (κ3) is 4.54. The van der Waals surface area contributed by atoms with E-state index in [1.165, 1.54) is 25.7 Å². The van der Waals surface area contributed by atoms with E-state index in [0.717, 1.165) is 45.2 Å². The molecule has 6 nitrogen and oxygen atoms in total. The van der Waals surface area contributed by atoms with Gasteiger partial charge in [0, 0.05) is 38.4 Å². The quantitative estimate of drug-likeness (QED) is 0.829. The standard InChI is InChI=1S/C15H25N5O/c1-2-4-13(3-1)18-14-5-6-16-15(19-14)17-7-8-20-9-11-21-12-10-20/h5-6,13H,1-4,7-12H2,(H2,16,17,18,19). The van der Waals surface area contributed by atoms with Gasteiger partial charge in [-0.3, -0.25) is 4.90 Å². The van der Waals surface area contributed by atoms with Crippen molar-refractivity contribution < 1.29 is 4.74 Å². The number of aromatic nitrogens is 2. The van der Waals surface area contributed by atoms with Gasteiger partial charge >= 0.3 is 0 Å². The van der Waals surface area contributed by atoms with E-state index in [2.05, 4.69) is 25.5 Å². The van der Waals surface area contributed by atoms with E-state index in [-0.39, 0.29) is 0 Å². The molecule has 1 saturated heterocycles. The maximum Gasteiger partial charge on any atom is 0.224 e. The normalized spacial score (nSPS) is 20.6. The minimum atomic E-state index is 0.584. The molecule has 0 aromatic carbocycles. The van der Waals surface area contributed by atoms with E-state index >= 15 is 0 Å². The number of anilines is 2. The summed E-state index contributed by atoms with van der Waals surface area (Å²) in [5.41, 5.74) is 0. The number of ether oxygens (including phenoxy) is 1. The summed E-state index contributed by atoms with van der Waals surface area (Å²) in [6.07, 6.45) is 6.98. The molecule has 1 aromatic heterocycles. The highest BCUT2D eigenvalue weighted by Gasteiger charge is 2.15. The summed E-state index contributed by atoms with van der Waals surface area (Å²) in [5.74, 6) is 1.65. The SMILES string of the molecule is c1cc(NC2CCCC2)nc(NCCN2CCOCC2)n1. The Kier molecular flexibility index (Phi) is 5.23. The topological polar surface area (TPSA) is 62.3 Å². The van der Waals surface area contributed by atoms with Crippen molar-refractivity contribution in [2.24, 2.45) is 0 Å². The first-order valence-corrected chi connectivity index (χ1v) is 8.04. The van der Waals surface area contributed by atoms with Gasteiger partial charge in [0.25, 0.3) is 0 Å². The molecule has 1 aromatic rings. The van der Waals surface area contributed by atoms with Crippen LogP contribution in [0.3, 0.4) is 0 Å². The minimum Gasteiger partial charge on any atom is -0.379 e. The number of hydrogen-bond acceptors (Lipinski definition) is 6. The first-order valence-electron chi connectivity index (χ1n) is 8.04. The molecule has 6 heteroatoms. The van der Waals surface area contributed by atoms with Crippen molar-refractivity contribution in [1.29, 1.82) is 0 Å². The molecule has 1 aliphatic heterocycles. The first kappa shape index (κ1) is 14.5. The van der Waals surface area contributed by atoms with Gasteiger partial charge in [0.1, 0.15) is 5.82 Å². The van der Waals surface area contributed by atoms with Crippen LogP contribution in [-0.4, -0.2) is 60.3 Å². The van der Waals surface area contributed by atoms with Crippen LogP contribution < -0.4 is 10.6 Å². The zero-order chi connectivity index (χ0) is 14.3. The van der Waals surface area contributed by atoms with Gasteiger partial charge in [-0.2, -0.15) is 4.98 Å². The Bertz CT molecular complexity index is 430. The van der Waals surface area contributed by atoms with Crippen molar-refractivity contribution in [3.05, 3.63) is 12.3 Å². The summed E-state index contributed by atoms with van der Waals surface area (Å²) in [5, 5.41) is 6.82. The molecule has 3 rings (SSSR count). The largest absolute Gasteiger partial charge is 0.379 e. The lowest BCUT2D eigenvalue weighted by Crippen LogP contribution is -2.39. The Morgan fingerprint density at radius 3 is 2.86 bits per heavy atom. The Morgan fingerprint density at radius 1 is 1.24 bits per heavy atom. The van der Waals surface area contributed by atoms with Gasteiger partial charge in [0.15, 0.2) is 0 Å². The second-order valence-electron chi connectivity index (χ2n) is 5.77. The summed E-state index contributed by atoms with van der Waals surface area (Å²) < 4.78 is 5.35. The summed E-state index contributed by atoms with van der Waals surface area (Å²) in [6, 6.07) is 2.53. The fourth-order valence-corrected chi connectivity index (χ4v) is 2.95. The summed E-state index contributed by atoms with van der Waals surface area (Å²) in [4.78, 5) is 11.2. The van der Waals surface area contributed by atoms with Crippen LogP contribution in [0.5, 0.6) is 0 Å². The molecule has 0 radical (unpaired) electrons. The molecule has 116 valence electrons. The van der Waals surface area contributed by atoms with Gasteiger partial charge in [-0.25, -0.2) is 4.98 Å². The molecule has 2 fully saturated rings. The van der Waals surface area contributed by atoms with Crippen LogP contribution in [0.15, 0.2) is 12.3 Å². The molecule has 2 heterocycles. The van der Waals surface area contributed by atoms with Gasteiger partial charge in [-0.1, -0.05) is 12.8 Å². The highest BCUT2D eigenvalue weighted by atomic mass is 16.5. The summed E-state index contributed by atoms with van der Waals surface area (Å²) in [7, 11) is 0. The molecule has 1 saturated carbocycles. The molecule has 0 unspecified atom stereocenters. The molecule has 2 aliphatic rings. The Morgan fingerprint density at radius 2 is 2.05 bits per heavy atom. The Labute approximate surface area is 126 Å². The lowest BCUT2D eigenvalue weighted by molar-refractivity contribution is 0.0398. The van der Waals surface area contributed by atoms with Gasteiger partial charge in [-0.15, -0.1) is 0 Å². The maximum atomic E-state index is 5.35. The summed E-state index contributed by atoms with van der Waals surface area (Å²) in [6.45, 7) is 5.60. The third-order valence-corrected chi connectivity index (χ3v) is 4.18. The number of rotatable bonds is 6. The molecule has 21 heavy (non-hydrogen) atoms. The van der Waals surface area contributed by atoms with Crippen LogP contribution >= 0.6 is 0 Å². The number of nitrogens with zero attached hydrogens (tertiary/aromatic N) is 3. The second kappa shape index (κ2) is 7.56. The average molecular weight is 291 g/mol. The van der Waals surface area contributed by atoms with Crippen molar-refractivity contribution in [3.8, 4) is 0 Å². The monoisotopic (exact) mass is 291 g/mol.